The van der Waals surface area contributed by atoms with E-state index in [4.69, 9.17) is 0 Å². The Morgan fingerprint density at radius 1 is 1.28 bits per heavy atom. The van der Waals surface area contributed by atoms with E-state index in [0.29, 0.717) is 5.69 Å². The zero-order valence-corrected chi connectivity index (χ0v) is 14.2. The van der Waals surface area contributed by atoms with E-state index in [0.717, 1.165) is 15.6 Å². The third-order valence-corrected chi connectivity index (χ3v) is 4.28. The van der Waals surface area contributed by atoms with Crippen LogP contribution in [0.1, 0.15) is 21.7 Å². The highest BCUT2D eigenvalue weighted by molar-refractivity contribution is 7.17. The van der Waals surface area contributed by atoms with E-state index in [9.17, 15) is 9.59 Å². The molecule has 0 spiro atoms. The van der Waals surface area contributed by atoms with E-state index >= 15 is 0 Å². The molecule has 0 saturated heterocycles. The van der Waals surface area contributed by atoms with Gasteiger partial charge in [-0.3, -0.25) is 14.6 Å². The van der Waals surface area contributed by atoms with Gasteiger partial charge < -0.3 is 5.32 Å². The number of aryl methyl sites for hydroxylation is 1. The zero-order chi connectivity index (χ0) is 17.6. The molecule has 2 amide bonds. The van der Waals surface area contributed by atoms with Gasteiger partial charge in [-0.1, -0.05) is 18.2 Å². The first-order chi connectivity index (χ1) is 12.1. The van der Waals surface area contributed by atoms with Crippen LogP contribution in [0.4, 0.5) is 0 Å². The Morgan fingerprint density at radius 3 is 2.96 bits per heavy atom. The second kappa shape index (κ2) is 7.63. The molecule has 0 atom stereocenters. The molecule has 2 N–H and O–H groups in total. The van der Waals surface area contributed by atoms with Gasteiger partial charge in [-0.2, -0.15) is 5.10 Å². The molecule has 25 heavy (non-hydrogen) atoms. The van der Waals surface area contributed by atoms with Crippen LogP contribution in [-0.2, 0) is 4.79 Å². The van der Waals surface area contributed by atoms with Crippen molar-refractivity contribution >= 4 is 39.5 Å². The molecule has 2 aromatic heterocycles. The maximum atomic E-state index is 11.9. The summed E-state index contributed by atoms with van der Waals surface area (Å²) < 4.78 is 1.15. The Balaban J connectivity index is 1.52. The van der Waals surface area contributed by atoms with Gasteiger partial charge in [-0.05, 0) is 13.0 Å². The summed E-state index contributed by atoms with van der Waals surface area (Å²) in [7, 11) is 0. The average Bonchev–Trinajstić information content (AvgIpc) is 3.03. The first kappa shape index (κ1) is 16.7. The SMILES string of the molecule is Cc1cncc(C(=O)NCC(=O)NN=Cc2csc3ccccc23)n1. The van der Waals surface area contributed by atoms with Gasteiger partial charge in [0, 0.05) is 27.2 Å². The van der Waals surface area contributed by atoms with E-state index in [1.807, 2.05) is 29.6 Å². The Morgan fingerprint density at radius 2 is 2.12 bits per heavy atom. The number of benzene rings is 1. The Hall–Kier alpha value is -3.13. The number of thiophene rings is 1. The summed E-state index contributed by atoms with van der Waals surface area (Å²) in [5.74, 6) is -0.885. The van der Waals surface area contributed by atoms with E-state index in [1.165, 1.54) is 6.20 Å². The lowest BCUT2D eigenvalue weighted by molar-refractivity contribution is -0.120. The van der Waals surface area contributed by atoms with Crippen LogP contribution in [0.25, 0.3) is 10.1 Å². The zero-order valence-electron chi connectivity index (χ0n) is 13.4. The first-order valence-electron chi connectivity index (χ1n) is 7.48. The molecule has 126 valence electrons. The highest BCUT2D eigenvalue weighted by atomic mass is 32.1. The lowest BCUT2D eigenvalue weighted by Gasteiger charge is -2.03. The van der Waals surface area contributed by atoms with E-state index in [-0.39, 0.29) is 12.2 Å². The summed E-state index contributed by atoms with van der Waals surface area (Å²) in [4.78, 5) is 31.6. The third-order valence-electron chi connectivity index (χ3n) is 3.30. The number of nitrogens with one attached hydrogen (secondary N) is 2. The maximum Gasteiger partial charge on any atom is 0.271 e. The summed E-state index contributed by atoms with van der Waals surface area (Å²) in [6, 6.07) is 7.95. The molecule has 1 aromatic carbocycles. The number of rotatable bonds is 5. The molecule has 0 aliphatic carbocycles. The van der Waals surface area contributed by atoms with Gasteiger partial charge in [0.15, 0.2) is 0 Å². The molecular weight excluding hydrogens is 338 g/mol. The minimum atomic E-state index is -0.459. The van der Waals surface area contributed by atoms with E-state index in [2.05, 4.69) is 25.8 Å². The van der Waals surface area contributed by atoms with Crippen molar-refractivity contribution in [3.05, 3.63) is 59.0 Å². The summed E-state index contributed by atoms with van der Waals surface area (Å²) in [6.45, 7) is 1.54. The van der Waals surface area contributed by atoms with Crippen LogP contribution in [0.3, 0.4) is 0 Å². The van der Waals surface area contributed by atoms with Crippen molar-refractivity contribution in [2.24, 2.45) is 5.10 Å². The number of fused-ring (bicyclic) bond motifs is 1. The molecule has 3 aromatic rings. The molecule has 0 saturated carbocycles. The molecule has 0 bridgehead atoms. The third kappa shape index (κ3) is 4.24. The fourth-order valence-corrected chi connectivity index (χ4v) is 3.05. The largest absolute Gasteiger partial charge is 0.342 e. The van der Waals surface area contributed by atoms with Crippen molar-refractivity contribution < 1.29 is 9.59 Å². The molecule has 0 aliphatic rings. The first-order valence-corrected chi connectivity index (χ1v) is 8.36. The van der Waals surface area contributed by atoms with Gasteiger partial charge in [0.25, 0.3) is 11.8 Å². The van der Waals surface area contributed by atoms with Crippen LogP contribution in [0.15, 0.2) is 47.1 Å². The standard InChI is InChI=1S/C17H15N5O2S/c1-11-6-18-8-14(21-11)17(24)19-9-16(23)22-20-7-12-10-25-15-5-3-2-4-13(12)15/h2-8,10H,9H2,1H3,(H,19,24)(H,22,23). The number of nitrogens with zero attached hydrogens (tertiary/aromatic N) is 3. The fourth-order valence-electron chi connectivity index (χ4n) is 2.14. The molecule has 0 fully saturated rings. The van der Waals surface area contributed by atoms with Gasteiger partial charge in [0.05, 0.1) is 24.7 Å². The molecule has 3 rings (SSSR count). The minimum absolute atomic E-state index is 0.168. The molecule has 0 unspecified atom stereocenters. The normalized spacial score (nSPS) is 10.9. The van der Waals surface area contributed by atoms with Crippen molar-refractivity contribution in [3.8, 4) is 0 Å². The van der Waals surface area contributed by atoms with Gasteiger partial charge in [0.2, 0.25) is 0 Å². The Labute approximate surface area is 147 Å². The van der Waals surface area contributed by atoms with Gasteiger partial charge >= 0.3 is 0 Å². The molecule has 0 aliphatic heterocycles. The number of amides is 2. The van der Waals surface area contributed by atoms with Crippen molar-refractivity contribution in [1.29, 1.82) is 0 Å². The second-order valence-electron chi connectivity index (χ2n) is 5.21. The topological polar surface area (TPSA) is 96.3 Å². The second-order valence-corrected chi connectivity index (χ2v) is 6.12. The fraction of sp³-hybridized carbons (Fsp3) is 0.118. The van der Waals surface area contributed by atoms with Crippen LogP contribution in [0.5, 0.6) is 0 Å². The summed E-state index contributed by atoms with van der Waals surface area (Å²) >= 11 is 1.61. The molecule has 2 heterocycles. The number of carbonyl (C=O) groups is 2. The lowest BCUT2D eigenvalue weighted by Crippen LogP contribution is -2.35. The van der Waals surface area contributed by atoms with Crippen molar-refractivity contribution in [2.45, 2.75) is 6.92 Å². The summed E-state index contributed by atoms with van der Waals surface area (Å²) in [5, 5.41) is 9.46. The lowest BCUT2D eigenvalue weighted by atomic mass is 10.2. The number of hydrogen-bond donors (Lipinski definition) is 2. The van der Waals surface area contributed by atoms with Gasteiger partial charge in [0.1, 0.15) is 5.69 Å². The molecular formula is C17H15N5O2S. The summed E-state index contributed by atoms with van der Waals surface area (Å²) in [5.41, 5.74) is 4.12. The Bertz CT molecular complexity index is 951. The maximum absolute atomic E-state index is 11.9. The van der Waals surface area contributed by atoms with Gasteiger partial charge in [-0.15, -0.1) is 11.3 Å². The predicted molar refractivity (Wildman–Crippen MR) is 96.7 cm³/mol. The smallest absolute Gasteiger partial charge is 0.271 e. The van der Waals surface area contributed by atoms with Crippen molar-refractivity contribution in [2.75, 3.05) is 6.54 Å². The van der Waals surface area contributed by atoms with Crippen LogP contribution in [-0.4, -0.2) is 34.5 Å². The number of hydrazone groups is 1. The van der Waals surface area contributed by atoms with Gasteiger partial charge in [-0.25, -0.2) is 10.4 Å². The van der Waals surface area contributed by atoms with Crippen molar-refractivity contribution in [3.63, 3.8) is 0 Å². The minimum Gasteiger partial charge on any atom is -0.342 e. The van der Waals surface area contributed by atoms with Crippen LogP contribution < -0.4 is 10.7 Å². The van der Waals surface area contributed by atoms with E-state index in [1.54, 1.807) is 30.7 Å². The molecule has 7 nitrogen and oxygen atoms in total. The molecule has 0 radical (unpaired) electrons. The highest BCUT2D eigenvalue weighted by Gasteiger charge is 2.09. The van der Waals surface area contributed by atoms with E-state index < -0.39 is 11.8 Å². The number of carbonyl (C=O) groups excluding carboxylic acids is 2. The van der Waals surface area contributed by atoms with Crippen LogP contribution in [0.2, 0.25) is 0 Å². The number of hydrogen-bond acceptors (Lipinski definition) is 6. The van der Waals surface area contributed by atoms with Crippen molar-refractivity contribution in [1.82, 2.24) is 20.7 Å². The average molecular weight is 353 g/mol. The van der Waals surface area contributed by atoms with Crippen LogP contribution >= 0.6 is 11.3 Å². The quantitative estimate of drug-likeness (QED) is 0.541. The predicted octanol–water partition coefficient (Wildman–Crippen LogP) is 1.88. The molecule has 8 heteroatoms. The van der Waals surface area contributed by atoms with Crippen LogP contribution in [0, 0.1) is 6.92 Å². The Kier molecular flexibility index (Phi) is 5.10. The number of aromatic nitrogens is 2. The monoisotopic (exact) mass is 353 g/mol. The highest BCUT2D eigenvalue weighted by Crippen LogP contribution is 2.23. The summed E-state index contributed by atoms with van der Waals surface area (Å²) in [6.07, 6.45) is 4.48.